The second-order valence-electron chi connectivity index (χ2n) is 6.69. The first-order valence-electron chi connectivity index (χ1n) is 9.00. The molecule has 0 aromatic heterocycles. The van der Waals surface area contributed by atoms with Gasteiger partial charge < -0.3 is 14.3 Å². The van der Waals surface area contributed by atoms with Gasteiger partial charge in [0.25, 0.3) is 0 Å². The quantitative estimate of drug-likeness (QED) is 0.365. The highest BCUT2D eigenvalue weighted by molar-refractivity contribution is 8.00. The smallest absolute Gasteiger partial charge is 0.309 e. The fraction of sp³-hybridized carbons (Fsp3) is 0.600. The Hall–Kier alpha value is -1.49. The van der Waals surface area contributed by atoms with E-state index >= 15 is 0 Å². The van der Waals surface area contributed by atoms with Crippen molar-refractivity contribution in [2.75, 3.05) is 7.11 Å². The minimum absolute atomic E-state index is 0.0332. The zero-order chi connectivity index (χ0) is 18.2. The molecule has 3 atom stereocenters. The van der Waals surface area contributed by atoms with E-state index in [0.717, 1.165) is 54.6 Å². The summed E-state index contributed by atoms with van der Waals surface area (Å²) in [7, 11) is 1.46. The van der Waals surface area contributed by atoms with Gasteiger partial charge in [-0.2, -0.15) is 0 Å². The van der Waals surface area contributed by atoms with Gasteiger partial charge in [0.2, 0.25) is 0 Å². The van der Waals surface area contributed by atoms with Gasteiger partial charge in [0.15, 0.2) is 0 Å². The molecule has 1 aliphatic carbocycles. The monoisotopic (exact) mass is 364 g/mol. The van der Waals surface area contributed by atoms with Gasteiger partial charge in [0.05, 0.1) is 19.1 Å². The molecule has 25 heavy (non-hydrogen) atoms. The van der Waals surface area contributed by atoms with Gasteiger partial charge in [-0.25, -0.2) is 0 Å². The summed E-state index contributed by atoms with van der Waals surface area (Å²) in [6, 6.07) is 6.22. The summed E-state index contributed by atoms with van der Waals surface area (Å²) < 4.78 is 11.1. The molecule has 1 saturated carbocycles. The van der Waals surface area contributed by atoms with Crippen LogP contribution in [0.5, 0.6) is 5.75 Å². The zero-order valence-electron chi connectivity index (χ0n) is 15.3. The number of ether oxygens (including phenoxy) is 2. The Morgan fingerprint density at radius 3 is 2.92 bits per heavy atom. The molecule has 1 aromatic carbocycles. The molecule has 5 heteroatoms. The lowest BCUT2D eigenvalue weighted by Crippen LogP contribution is -2.22. The maximum absolute atomic E-state index is 12.0. The third-order valence-electron chi connectivity index (χ3n) is 4.59. The van der Waals surface area contributed by atoms with Crippen molar-refractivity contribution in [3.05, 3.63) is 23.8 Å². The minimum atomic E-state index is -0.105. The summed E-state index contributed by atoms with van der Waals surface area (Å²) in [6.07, 6.45) is 6.25. The van der Waals surface area contributed by atoms with Crippen LogP contribution in [0.2, 0.25) is 0 Å². The van der Waals surface area contributed by atoms with E-state index in [2.05, 4.69) is 18.2 Å². The van der Waals surface area contributed by atoms with Crippen LogP contribution in [0.1, 0.15) is 51.0 Å². The molecule has 0 unspecified atom stereocenters. The number of esters is 1. The molecule has 4 nitrogen and oxygen atoms in total. The lowest BCUT2D eigenvalue weighted by molar-refractivity contribution is -0.144. The van der Waals surface area contributed by atoms with E-state index in [-0.39, 0.29) is 23.2 Å². The van der Waals surface area contributed by atoms with E-state index in [1.54, 1.807) is 11.8 Å². The van der Waals surface area contributed by atoms with Crippen LogP contribution < -0.4 is 4.74 Å². The predicted octanol–water partition coefficient (Wildman–Crippen LogP) is 4.57. The Morgan fingerprint density at radius 1 is 1.40 bits per heavy atom. The number of carbonyl (C=O) groups is 2. The van der Waals surface area contributed by atoms with E-state index in [1.165, 1.54) is 7.11 Å². The Labute approximate surface area is 154 Å². The third-order valence-corrected chi connectivity index (χ3v) is 6.05. The maximum atomic E-state index is 12.0. The first-order chi connectivity index (χ1) is 12.0. The van der Waals surface area contributed by atoms with Crippen LogP contribution in [0.15, 0.2) is 23.1 Å². The largest absolute Gasteiger partial charge is 0.490 e. The van der Waals surface area contributed by atoms with E-state index < -0.39 is 0 Å². The Morgan fingerprint density at radius 2 is 2.20 bits per heavy atom. The molecule has 1 aromatic rings. The molecule has 0 amide bonds. The van der Waals surface area contributed by atoms with Crippen LogP contribution in [0.25, 0.3) is 0 Å². The fourth-order valence-corrected chi connectivity index (χ4v) is 4.61. The lowest BCUT2D eigenvalue weighted by atomic mass is 10.1. The van der Waals surface area contributed by atoms with Gasteiger partial charge in [-0.15, -0.1) is 11.8 Å². The van der Waals surface area contributed by atoms with Crippen molar-refractivity contribution in [3.8, 4) is 5.75 Å². The molecule has 138 valence electrons. The normalized spacial score (nSPS) is 20.9. The SMILES string of the molecule is COC(=O)[C@H]1CCC[C@@H]1Sc1ccc(C)cc1O[C@H](C)CCCC=O. The zero-order valence-corrected chi connectivity index (χ0v) is 16.1. The van der Waals surface area contributed by atoms with Crippen LogP contribution >= 0.6 is 11.8 Å². The van der Waals surface area contributed by atoms with Crippen molar-refractivity contribution < 1.29 is 19.1 Å². The van der Waals surface area contributed by atoms with Gasteiger partial charge >= 0.3 is 5.97 Å². The molecule has 0 radical (unpaired) electrons. The number of unbranched alkanes of at least 4 members (excludes halogenated alkanes) is 1. The Bertz CT molecular complexity index is 587. The number of carbonyl (C=O) groups excluding carboxylic acids is 2. The molecular formula is C20H28O4S. The molecule has 0 spiro atoms. The molecule has 1 fully saturated rings. The van der Waals surface area contributed by atoms with Gasteiger partial charge in [0, 0.05) is 16.6 Å². The van der Waals surface area contributed by atoms with Crippen molar-refractivity contribution in [2.45, 2.75) is 68.6 Å². The molecule has 0 saturated heterocycles. The van der Waals surface area contributed by atoms with Crippen LogP contribution in [0, 0.1) is 12.8 Å². The van der Waals surface area contributed by atoms with Gasteiger partial charge in [-0.05, 0) is 57.2 Å². The summed E-state index contributed by atoms with van der Waals surface area (Å²) in [4.78, 5) is 23.5. The van der Waals surface area contributed by atoms with Crippen LogP contribution in [0.4, 0.5) is 0 Å². The maximum Gasteiger partial charge on any atom is 0.309 e. The standard InChI is InChI=1S/C20H28O4S/c1-14-10-11-19(17(13-14)24-15(2)7-4-5-12-21)25-18-9-6-8-16(18)20(22)23-3/h10-13,15-16,18H,4-9H2,1-3H3/t15-,16+,18+/m1/s1. The fourth-order valence-electron chi connectivity index (χ4n) is 3.22. The average Bonchev–Trinajstić information content (AvgIpc) is 3.05. The molecule has 0 bridgehead atoms. The number of methoxy groups -OCH3 is 1. The van der Waals surface area contributed by atoms with E-state index in [9.17, 15) is 9.59 Å². The van der Waals surface area contributed by atoms with Crippen LogP contribution in [-0.2, 0) is 14.3 Å². The molecule has 0 N–H and O–H groups in total. The molecule has 0 aliphatic heterocycles. The highest BCUT2D eigenvalue weighted by atomic mass is 32.2. The number of thioether (sulfide) groups is 1. The van der Waals surface area contributed by atoms with E-state index in [4.69, 9.17) is 9.47 Å². The van der Waals surface area contributed by atoms with Crippen molar-refractivity contribution in [1.29, 1.82) is 0 Å². The number of hydrogen-bond acceptors (Lipinski definition) is 5. The predicted molar refractivity (Wildman–Crippen MR) is 100 cm³/mol. The first-order valence-corrected chi connectivity index (χ1v) is 9.88. The number of aldehydes is 1. The van der Waals surface area contributed by atoms with Crippen LogP contribution in [0.3, 0.4) is 0 Å². The summed E-state index contributed by atoms with van der Waals surface area (Å²) in [5.74, 6) is 0.736. The summed E-state index contributed by atoms with van der Waals surface area (Å²) in [6.45, 7) is 4.08. The number of rotatable bonds is 9. The molecule has 1 aliphatic rings. The van der Waals surface area contributed by atoms with Crippen molar-refractivity contribution in [3.63, 3.8) is 0 Å². The highest BCUT2D eigenvalue weighted by Gasteiger charge is 2.35. The van der Waals surface area contributed by atoms with E-state index in [1.807, 2.05) is 13.8 Å². The third kappa shape index (κ3) is 5.77. The van der Waals surface area contributed by atoms with Crippen molar-refractivity contribution >= 4 is 24.0 Å². The van der Waals surface area contributed by atoms with Crippen LogP contribution in [-0.4, -0.2) is 30.7 Å². The number of aryl methyl sites for hydroxylation is 1. The van der Waals surface area contributed by atoms with Crippen molar-refractivity contribution in [2.24, 2.45) is 5.92 Å². The van der Waals surface area contributed by atoms with E-state index in [0.29, 0.717) is 6.42 Å². The topological polar surface area (TPSA) is 52.6 Å². The highest BCUT2D eigenvalue weighted by Crippen LogP contribution is 2.43. The molecule has 2 rings (SSSR count). The summed E-state index contributed by atoms with van der Waals surface area (Å²) in [5.41, 5.74) is 1.15. The van der Waals surface area contributed by atoms with Gasteiger partial charge in [-0.1, -0.05) is 12.5 Å². The van der Waals surface area contributed by atoms with Gasteiger partial charge in [0.1, 0.15) is 12.0 Å². The average molecular weight is 365 g/mol. The summed E-state index contributed by atoms with van der Waals surface area (Å²) >= 11 is 1.73. The Balaban J connectivity index is 2.07. The Kier molecular flexibility index (Phi) is 7.82. The second kappa shape index (κ2) is 9.85. The molecular weight excluding hydrogens is 336 g/mol. The second-order valence-corrected chi connectivity index (χ2v) is 7.97. The molecule has 0 heterocycles. The lowest BCUT2D eigenvalue weighted by Gasteiger charge is -2.21. The first kappa shape index (κ1) is 19.8. The van der Waals surface area contributed by atoms with Crippen molar-refractivity contribution in [1.82, 2.24) is 0 Å². The summed E-state index contributed by atoms with van der Waals surface area (Å²) in [5, 5.41) is 0.239. The minimum Gasteiger partial charge on any atom is -0.490 e. The van der Waals surface area contributed by atoms with Gasteiger partial charge in [-0.3, -0.25) is 4.79 Å². The number of hydrogen-bond donors (Lipinski definition) is 0. The number of benzene rings is 1.